The third-order valence-corrected chi connectivity index (χ3v) is 8.73. The van der Waals surface area contributed by atoms with Gasteiger partial charge in [-0.3, -0.25) is 4.72 Å². The molecule has 148 valence electrons. The Labute approximate surface area is 167 Å². The molecule has 7 nitrogen and oxygen atoms in total. The smallest absolute Gasteiger partial charge is 0.273 e. The molecule has 1 N–H and O–H groups in total. The number of sulfonamides is 1. The Morgan fingerprint density at radius 3 is 2.59 bits per heavy atom. The van der Waals surface area contributed by atoms with Crippen LogP contribution in [0.4, 0.5) is 11.4 Å². The number of aromatic nitrogens is 1. The van der Waals surface area contributed by atoms with Crippen LogP contribution in [0.3, 0.4) is 0 Å². The summed E-state index contributed by atoms with van der Waals surface area (Å²) in [6.45, 7) is 3.84. The fourth-order valence-electron chi connectivity index (χ4n) is 3.08. The van der Waals surface area contributed by atoms with E-state index >= 15 is 0 Å². The second-order valence-corrected chi connectivity index (χ2v) is 11.4. The van der Waals surface area contributed by atoms with Gasteiger partial charge in [0.25, 0.3) is 10.0 Å². The van der Waals surface area contributed by atoms with Crippen molar-refractivity contribution in [2.75, 3.05) is 36.8 Å². The molecule has 27 heavy (non-hydrogen) atoms. The van der Waals surface area contributed by atoms with Crippen LogP contribution < -0.4 is 9.62 Å². The zero-order valence-electron chi connectivity index (χ0n) is 15.6. The first-order valence-electron chi connectivity index (χ1n) is 8.72. The molecule has 1 aliphatic heterocycles. The van der Waals surface area contributed by atoms with E-state index in [1.165, 1.54) is 16.9 Å². The number of piperidine rings is 1. The highest BCUT2D eigenvalue weighted by molar-refractivity contribution is 7.95. The number of nitrogens with one attached hydrogen (secondary N) is 1. The lowest BCUT2D eigenvalue weighted by Crippen LogP contribution is -2.31. The SMILES string of the molecule is Cc1cccc(NS(=O)(=O)c2cnc(S(=O)N(C)C)s2)c1N1CCCCC1. The summed E-state index contributed by atoms with van der Waals surface area (Å²) in [6, 6.07) is 5.63. The van der Waals surface area contributed by atoms with Crippen molar-refractivity contribution in [3.8, 4) is 0 Å². The van der Waals surface area contributed by atoms with E-state index in [-0.39, 0.29) is 8.55 Å². The van der Waals surface area contributed by atoms with Gasteiger partial charge in [0.15, 0.2) is 19.5 Å². The first-order chi connectivity index (χ1) is 12.8. The van der Waals surface area contributed by atoms with Gasteiger partial charge in [-0.05, 0) is 51.9 Å². The lowest BCUT2D eigenvalue weighted by molar-refractivity contribution is 0.577. The molecule has 1 atom stereocenters. The molecule has 0 bridgehead atoms. The number of benzene rings is 1. The van der Waals surface area contributed by atoms with Gasteiger partial charge in [-0.1, -0.05) is 23.5 Å². The largest absolute Gasteiger partial charge is 0.370 e. The van der Waals surface area contributed by atoms with E-state index in [1.807, 2.05) is 19.1 Å². The van der Waals surface area contributed by atoms with Gasteiger partial charge in [0.2, 0.25) is 0 Å². The highest BCUT2D eigenvalue weighted by atomic mass is 32.3. The lowest BCUT2D eigenvalue weighted by atomic mass is 10.1. The van der Waals surface area contributed by atoms with Gasteiger partial charge in [0, 0.05) is 13.1 Å². The molecule has 0 aliphatic carbocycles. The number of aryl methyl sites for hydroxylation is 1. The van der Waals surface area contributed by atoms with Crippen LogP contribution >= 0.6 is 11.3 Å². The predicted octanol–water partition coefficient (Wildman–Crippen LogP) is 2.83. The molecule has 1 fully saturated rings. The van der Waals surface area contributed by atoms with Crippen molar-refractivity contribution in [2.24, 2.45) is 0 Å². The van der Waals surface area contributed by atoms with Gasteiger partial charge in [-0.25, -0.2) is 21.9 Å². The molecular weight excluding hydrogens is 404 g/mol. The quantitative estimate of drug-likeness (QED) is 0.765. The van der Waals surface area contributed by atoms with Crippen LogP contribution in [0.15, 0.2) is 32.9 Å². The molecular formula is C17H24N4O3S3. The van der Waals surface area contributed by atoms with Crippen molar-refractivity contribution < 1.29 is 12.6 Å². The topological polar surface area (TPSA) is 82.6 Å². The van der Waals surface area contributed by atoms with Gasteiger partial charge in [0.1, 0.15) is 0 Å². The van der Waals surface area contributed by atoms with Crippen molar-refractivity contribution >= 4 is 43.7 Å². The first kappa shape index (κ1) is 20.2. The minimum Gasteiger partial charge on any atom is -0.370 e. The number of hydrogen-bond donors (Lipinski definition) is 1. The second kappa shape index (κ2) is 8.26. The Kier molecular flexibility index (Phi) is 6.19. The minimum atomic E-state index is -3.80. The van der Waals surface area contributed by atoms with E-state index < -0.39 is 21.0 Å². The Morgan fingerprint density at radius 1 is 1.22 bits per heavy atom. The van der Waals surface area contributed by atoms with Crippen LogP contribution in [0, 0.1) is 6.92 Å². The summed E-state index contributed by atoms with van der Waals surface area (Å²) in [5.41, 5.74) is 2.54. The molecule has 10 heteroatoms. The summed E-state index contributed by atoms with van der Waals surface area (Å²) in [4.78, 5) is 6.27. The van der Waals surface area contributed by atoms with Crippen molar-refractivity contribution in [2.45, 2.75) is 34.7 Å². The molecule has 1 aromatic carbocycles. The molecule has 2 heterocycles. The van der Waals surface area contributed by atoms with Gasteiger partial charge in [-0.2, -0.15) is 0 Å². The predicted molar refractivity (Wildman–Crippen MR) is 110 cm³/mol. The van der Waals surface area contributed by atoms with Crippen LogP contribution in [-0.4, -0.2) is 49.1 Å². The Balaban J connectivity index is 1.90. The number of nitrogens with zero attached hydrogens (tertiary/aromatic N) is 3. The fraction of sp³-hybridized carbons (Fsp3) is 0.471. The van der Waals surface area contributed by atoms with Gasteiger partial charge >= 0.3 is 0 Å². The van der Waals surface area contributed by atoms with E-state index in [2.05, 4.69) is 14.6 Å². The van der Waals surface area contributed by atoms with Crippen LogP contribution in [0.5, 0.6) is 0 Å². The number of hydrogen-bond acceptors (Lipinski definition) is 6. The van der Waals surface area contributed by atoms with E-state index in [4.69, 9.17) is 0 Å². The maximum Gasteiger partial charge on any atom is 0.273 e. The van der Waals surface area contributed by atoms with Gasteiger partial charge in [0.05, 0.1) is 17.6 Å². The average molecular weight is 429 g/mol. The van der Waals surface area contributed by atoms with Crippen LogP contribution in [0.1, 0.15) is 24.8 Å². The average Bonchev–Trinajstić information content (AvgIpc) is 3.12. The Hall–Kier alpha value is -1.49. The highest BCUT2D eigenvalue weighted by Gasteiger charge is 2.24. The number of anilines is 2. The van der Waals surface area contributed by atoms with Crippen molar-refractivity contribution in [3.05, 3.63) is 30.0 Å². The maximum atomic E-state index is 12.9. The van der Waals surface area contributed by atoms with Crippen LogP contribution in [0.25, 0.3) is 0 Å². The van der Waals surface area contributed by atoms with Crippen molar-refractivity contribution in [1.82, 2.24) is 9.29 Å². The van der Waals surface area contributed by atoms with Gasteiger partial charge in [-0.15, -0.1) is 0 Å². The molecule has 0 spiro atoms. The third kappa shape index (κ3) is 4.50. The third-order valence-electron chi connectivity index (χ3n) is 4.36. The second-order valence-electron chi connectivity index (χ2n) is 6.63. The van der Waals surface area contributed by atoms with Crippen LogP contribution in [0.2, 0.25) is 0 Å². The first-order valence-corrected chi connectivity index (χ1v) is 12.1. The molecule has 2 aromatic rings. The molecule has 1 saturated heterocycles. The van der Waals surface area contributed by atoms with E-state index in [0.717, 1.165) is 48.5 Å². The zero-order chi connectivity index (χ0) is 19.6. The molecule has 0 amide bonds. The molecule has 1 aliphatic rings. The minimum absolute atomic E-state index is 0.0544. The number of para-hydroxylation sites is 1. The highest BCUT2D eigenvalue weighted by Crippen LogP contribution is 2.34. The molecule has 0 saturated carbocycles. The summed E-state index contributed by atoms with van der Waals surface area (Å²) in [6.07, 6.45) is 4.68. The standard InChI is InChI=1S/C17H24N4O3S3/c1-13-8-7-9-14(16(13)21-10-5-4-6-11-21)19-27(23,24)15-12-18-17(25-15)26(22)20(2)3/h7-9,12,19H,4-6,10-11H2,1-3H3. The summed E-state index contributed by atoms with van der Waals surface area (Å²) in [5.74, 6) is 0. The molecule has 3 rings (SSSR count). The van der Waals surface area contributed by atoms with Crippen LogP contribution in [-0.2, 0) is 21.0 Å². The number of rotatable bonds is 6. The Bertz CT molecular complexity index is 935. The number of thiazole rings is 1. The summed E-state index contributed by atoms with van der Waals surface area (Å²) < 4.78 is 42.4. The molecule has 1 aromatic heterocycles. The summed E-state index contributed by atoms with van der Waals surface area (Å²) in [7, 11) is -1.96. The van der Waals surface area contributed by atoms with Crippen molar-refractivity contribution in [1.29, 1.82) is 0 Å². The van der Waals surface area contributed by atoms with Gasteiger partial charge < -0.3 is 4.90 Å². The monoisotopic (exact) mass is 428 g/mol. The van der Waals surface area contributed by atoms with E-state index in [0.29, 0.717) is 5.69 Å². The zero-order valence-corrected chi connectivity index (χ0v) is 18.1. The summed E-state index contributed by atoms with van der Waals surface area (Å²) in [5, 5.41) is 0. The van der Waals surface area contributed by atoms with E-state index in [9.17, 15) is 12.6 Å². The lowest BCUT2D eigenvalue weighted by Gasteiger charge is -2.32. The molecule has 0 radical (unpaired) electrons. The molecule has 1 unspecified atom stereocenters. The normalized spacial score (nSPS) is 16.5. The van der Waals surface area contributed by atoms with Crippen molar-refractivity contribution in [3.63, 3.8) is 0 Å². The Morgan fingerprint density at radius 2 is 1.93 bits per heavy atom. The van der Waals surface area contributed by atoms with E-state index in [1.54, 1.807) is 20.2 Å². The summed E-state index contributed by atoms with van der Waals surface area (Å²) >= 11 is 0.924. The fourth-order valence-corrected chi connectivity index (χ4v) is 6.62. The maximum absolute atomic E-state index is 12.9.